The Morgan fingerprint density at radius 2 is 2.07 bits per heavy atom. The van der Waals surface area contributed by atoms with Crippen LogP contribution in [-0.4, -0.2) is 44.5 Å². The zero-order valence-electron chi connectivity index (χ0n) is 14.6. The van der Waals surface area contributed by atoms with E-state index >= 15 is 0 Å². The van der Waals surface area contributed by atoms with E-state index in [9.17, 15) is 14.7 Å². The van der Waals surface area contributed by atoms with Gasteiger partial charge in [-0.05, 0) is 25.1 Å². The molecule has 1 atom stereocenters. The van der Waals surface area contributed by atoms with E-state index in [0.29, 0.717) is 5.65 Å². The Hall–Kier alpha value is -3.52. The molecule has 0 radical (unpaired) electrons. The van der Waals surface area contributed by atoms with Crippen molar-refractivity contribution in [2.75, 3.05) is 6.54 Å². The second-order valence-electron chi connectivity index (χ2n) is 6.09. The van der Waals surface area contributed by atoms with E-state index < -0.39 is 12.0 Å². The van der Waals surface area contributed by atoms with Gasteiger partial charge >= 0.3 is 0 Å². The molecule has 0 aliphatic rings. The lowest BCUT2D eigenvalue weighted by Crippen LogP contribution is -2.31. The average molecular weight is 365 g/mol. The third-order valence-electron chi connectivity index (χ3n) is 3.88. The van der Waals surface area contributed by atoms with Gasteiger partial charge in [0.25, 0.3) is 5.91 Å². The third kappa shape index (κ3) is 4.36. The molecule has 27 heavy (non-hydrogen) atoms. The number of carbonyl (C=O) groups is 2. The minimum Gasteiger partial charge on any atom is -0.392 e. The Morgan fingerprint density at radius 1 is 1.30 bits per heavy atom. The number of primary amides is 1. The molecule has 8 heteroatoms. The maximum absolute atomic E-state index is 12.0. The number of carbonyl (C=O) groups excluding carboxylic acids is 2. The zero-order chi connectivity index (χ0) is 19.4. The number of aliphatic hydroxyl groups excluding tert-OH is 1. The van der Waals surface area contributed by atoms with Crippen LogP contribution in [0.2, 0.25) is 0 Å². The number of nitrogens with zero attached hydrogens (tertiary/aromatic N) is 2. The second-order valence-corrected chi connectivity index (χ2v) is 6.09. The first-order chi connectivity index (χ1) is 12.9. The summed E-state index contributed by atoms with van der Waals surface area (Å²) in [5, 5.41) is 12.7. The van der Waals surface area contributed by atoms with Crippen molar-refractivity contribution in [1.82, 2.24) is 20.3 Å². The van der Waals surface area contributed by atoms with Gasteiger partial charge in [-0.2, -0.15) is 0 Å². The van der Waals surface area contributed by atoms with Crippen LogP contribution in [0.3, 0.4) is 0 Å². The normalized spacial score (nSPS) is 12.4. The Labute approximate surface area is 155 Å². The highest BCUT2D eigenvalue weighted by atomic mass is 16.3. The van der Waals surface area contributed by atoms with E-state index in [1.165, 1.54) is 6.08 Å². The minimum absolute atomic E-state index is 0.165. The topological polar surface area (TPSA) is 134 Å². The fraction of sp³-hybridized carbons (Fsp3) is 0.158. The summed E-state index contributed by atoms with van der Waals surface area (Å²) in [4.78, 5) is 34.5. The molecular formula is C19H19N5O3. The predicted octanol–water partition coefficient (Wildman–Crippen LogP) is 1.23. The summed E-state index contributed by atoms with van der Waals surface area (Å²) >= 11 is 0. The molecule has 0 aromatic carbocycles. The Kier molecular flexibility index (Phi) is 5.28. The van der Waals surface area contributed by atoms with Crippen molar-refractivity contribution in [3.8, 4) is 11.1 Å². The SMILES string of the molecule is C[C@H](O)CNC(=O)c1ccc(-c2cnc3[nH]cc(C=CC(N)=O)c3c2)cn1. The quantitative estimate of drug-likeness (QED) is 0.488. The van der Waals surface area contributed by atoms with Crippen molar-refractivity contribution >= 4 is 28.9 Å². The fourth-order valence-electron chi connectivity index (χ4n) is 2.52. The van der Waals surface area contributed by atoms with E-state index in [4.69, 9.17) is 5.73 Å². The van der Waals surface area contributed by atoms with Crippen molar-refractivity contribution in [3.05, 3.63) is 54.1 Å². The smallest absolute Gasteiger partial charge is 0.269 e. The number of aromatic nitrogens is 3. The molecule has 3 aromatic rings. The number of nitrogens with two attached hydrogens (primary N) is 1. The lowest BCUT2D eigenvalue weighted by atomic mass is 10.1. The molecule has 0 spiro atoms. The van der Waals surface area contributed by atoms with Gasteiger partial charge in [0.2, 0.25) is 5.91 Å². The van der Waals surface area contributed by atoms with Gasteiger partial charge in [-0.3, -0.25) is 14.6 Å². The van der Waals surface area contributed by atoms with Gasteiger partial charge in [0, 0.05) is 53.3 Å². The molecule has 8 nitrogen and oxygen atoms in total. The summed E-state index contributed by atoms with van der Waals surface area (Å²) in [5.41, 5.74) is 8.50. The van der Waals surface area contributed by atoms with Crippen LogP contribution in [0, 0.1) is 0 Å². The molecule has 0 unspecified atom stereocenters. The fourth-order valence-corrected chi connectivity index (χ4v) is 2.52. The molecule has 0 saturated carbocycles. The van der Waals surface area contributed by atoms with E-state index in [-0.39, 0.29) is 18.1 Å². The number of rotatable bonds is 6. The highest BCUT2D eigenvalue weighted by Gasteiger charge is 2.10. The molecule has 5 N–H and O–H groups in total. The van der Waals surface area contributed by atoms with Gasteiger partial charge in [0.05, 0.1) is 6.10 Å². The highest BCUT2D eigenvalue weighted by Crippen LogP contribution is 2.25. The van der Waals surface area contributed by atoms with Crippen LogP contribution in [0.1, 0.15) is 23.0 Å². The number of aliphatic hydroxyl groups is 1. The largest absolute Gasteiger partial charge is 0.392 e. The summed E-state index contributed by atoms with van der Waals surface area (Å²) in [6.45, 7) is 1.76. The molecule has 138 valence electrons. The van der Waals surface area contributed by atoms with Gasteiger partial charge in [-0.25, -0.2) is 4.98 Å². The van der Waals surface area contributed by atoms with Gasteiger partial charge in [-0.1, -0.05) is 6.07 Å². The van der Waals surface area contributed by atoms with Crippen LogP contribution in [0.15, 0.2) is 42.9 Å². The van der Waals surface area contributed by atoms with Gasteiger partial charge < -0.3 is 21.1 Å². The summed E-state index contributed by atoms with van der Waals surface area (Å²) in [6.07, 6.45) is 7.33. The molecule has 0 aliphatic heterocycles. The van der Waals surface area contributed by atoms with Crippen LogP contribution in [-0.2, 0) is 4.79 Å². The van der Waals surface area contributed by atoms with Crippen LogP contribution >= 0.6 is 0 Å². The summed E-state index contributed by atoms with van der Waals surface area (Å²) in [7, 11) is 0. The van der Waals surface area contributed by atoms with E-state index in [1.54, 1.807) is 43.7 Å². The zero-order valence-corrected chi connectivity index (χ0v) is 14.6. The Bertz CT molecular complexity index is 1010. The van der Waals surface area contributed by atoms with E-state index in [0.717, 1.165) is 22.1 Å². The van der Waals surface area contributed by atoms with Crippen molar-refractivity contribution in [2.45, 2.75) is 13.0 Å². The molecule has 3 heterocycles. The lowest BCUT2D eigenvalue weighted by Gasteiger charge is -2.07. The van der Waals surface area contributed by atoms with Crippen molar-refractivity contribution in [1.29, 1.82) is 0 Å². The van der Waals surface area contributed by atoms with Crippen molar-refractivity contribution in [3.63, 3.8) is 0 Å². The standard InChI is InChI=1S/C19H19N5O3/c1-11(25)7-24-19(27)16-4-2-12(8-21-16)14-6-15-13(3-5-17(20)26)9-22-18(15)23-10-14/h2-6,8-11,25H,7H2,1H3,(H2,20,26)(H,22,23)(H,24,27)/t11-/m0/s1. The Morgan fingerprint density at radius 3 is 2.74 bits per heavy atom. The second kappa shape index (κ2) is 7.79. The molecule has 2 amide bonds. The number of hydrogen-bond acceptors (Lipinski definition) is 5. The first-order valence-corrected chi connectivity index (χ1v) is 8.31. The van der Waals surface area contributed by atoms with Crippen molar-refractivity contribution < 1.29 is 14.7 Å². The first kappa shape index (κ1) is 18.3. The number of pyridine rings is 2. The minimum atomic E-state index is -0.620. The van der Waals surface area contributed by atoms with E-state index in [1.807, 2.05) is 6.07 Å². The number of amides is 2. The molecule has 0 saturated heterocycles. The molecular weight excluding hydrogens is 346 g/mol. The third-order valence-corrected chi connectivity index (χ3v) is 3.88. The van der Waals surface area contributed by atoms with Gasteiger partial charge in [0.1, 0.15) is 11.3 Å². The van der Waals surface area contributed by atoms with Crippen LogP contribution in [0.4, 0.5) is 0 Å². The monoisotopic (exact) mass is 365 g/mol. The predicted molar refractivity (Wildman–Crippen MR) is 102 cm³/mol. The Balaban J connectivity index is 1.85. The summed E-state index contributed by atoms with van der Waals surface area (Å²) in [6, 6.07) is 5.31. The van der Waals surface area contributed by atoms with Crippen molar-refractivity contribution in [2.24, 2.45) is 5.73 Å². The highest BCUT2D eigenvalue weighted by molar-refractivity contribution is 5.96. The maximum Gasteiger partial charge on any atom is 0.269 e. The number of hydrogen-bond donors (Lipinski definition) is 4. The van der Waals surface area contributed by atoms with Gasteiger partial charge in [-0.15, -0.1) is 0 Å². The first-order valence-electron chi connectivity index (χ1n) is 8.31. The maximum atomic E-state index is 12.0. The molecule has 0 aliphatic carbocycles. The summed E-state index contributed by atoms with van der Waals surface area (Å²) in [5.74, 6) is -0.873. The molecule has 3 rings (SSSR count). The van der Waals surface area contributed by atoms with Gasteiger partial charge in [0.15, 0.2) is 0 Å². The van der Waals surface area contributed by atoms with Crippen LogP contribution in [0.5, 0.6) is 0 Å². The number of aromatic amines is 1. The molecule has 0 fully saturated rings. The molecule has 0 bridgehead atoms. The number of nitrogens with one attached hydrogen (secondary N) is 2. The van der Waals surface area contributed by atoms with Crippen LogP contribution in [0.25, 0.3) is 28.2 Å². The number of fused-ring (bicyclic) bond motifs is 1. The number of H-pyrrole nitrogens is 1. The average Bonchev–Trinajstić information content (AvgIpc) is 3.06. The summed E-state index contributed by atoms with van der Waals surface area (Å²) < 4.78 is 0. The van der Waals surface area contributed by atoms with E-state index in [2.05, 4.69) is 20.3 Å². The lowest BCUT2D eigenvalue weighted by molar-refractivity contribution is -0.113. The van der Waals surface area contributed by atoms with Crippen LogP contribution < -0.4 is 11.1 Å². The molecule has 3 aromatic heterocycles.